The Hall–Kier alpha value is -0.580. The molecule has 1 aromatic carbocycles. The minimum absolute atomic E-state index is 0.0355. The zero-order chi connectivity index (χ0) is 9.68. The smallest absolute Gasteiger partial charge is 0.139 e. The summed E-state index contributed by atoms with van der Waals surface area (Å²) in [6, 6.07) is 5.42. The molecule has 0 saturated carbocycles. The number of ether oxygens (including phenoxy) is 1. The van der Waals surface area contributed by atoms with Gasteiger partial charge in [0.1, 0.15) is 12.4 Å². The maximum Gasteiger partial charge on any atom is 0.139 e. The maximum absolute atomic E-state index is 8.98. The highest BCUT2D eigenvalue weighted by atomic mass is 79.9. The Morgan fingerprint density at radius 2 is 2.08 bits per heavy atom. The first-order valence-electron chi connectivity index (χ1n) is 3.91. The summed E-state index contributed by atoms with van der Waals surface area (Å²) >= 11 is 3.30. The zero-order valence-electron chi connectivity index (χ0n) is 7.03. The molecular weight excluding hydrogens is 236 g/mol. The van der Waals surface area contributed by atoms with Crippen LogP contribution in [0.25, 0.3) is 0 Å². The molecule has 0 aromatic heterocycles. The quantitative estimate of drug-likeness (QED) is 0.843. The lowest BCUT2D eigenvalue weighted by Crippen LogP contribution is -2.04. The third kappa shape index (κ3) is 2.69. The lowest BCUT2D eigenvalue weighted by molar-refractivity contribution is 0.195. The SMILES string of the molecule is OCCOc1c(Br)cccc1CO. The van der Waals surface area contributed by atoms with Crippen LogP contribution in [0.4, 0.5) is 0 Å². The topological polar surface area (TPSA) is 49.7 Å². The summed E-state index contributed by atoms with van der Waals surface area (Å²) in [4.78, 5) is 0. The van der Waals surface area contributed by atoms with Crippen molar-refractivity contribution in [3.8, 4) is 5.75 Å². The van der Waals surface area contributed by atoms with Crippen molar-refractivity contribution in [3.63, 3.8) is 0 Å². The summed E-state index contributed by atoms with van der Waals surface area (Å²) < 4.78 is 6.04. The molecule has 0 bridgehead atoms. The van der Waals surface area contributed by atoms with Crippen molar-refractivity contribution in [1.82, 2.24) is 0 Å². The minimum Gasteiger partial charge on any atom is -0.490 e. The number of hydrogen-bond acceptors (Lipinski definition) is 3. The number of aliphatic hydroxyl groups excluding tert-OH is 2. The molecular formula is C9H11BrO3. The summed E-state index contributed by atoms with van der Waals surface area (Å²) in [6.07, 6.45) is 0. The van der Waals surface area contributed by atoms with Gasteiger partial charge in [-0.25, -0.2) is 0 Å². The van der Waals surface area contributed by atoms with E-state index in [1.54, 1.807) is 6.07 Å². The fourth-order valence-corrected chi connectivity index (χ4v) is 1.51. The number of hydrogen-bond donors (Lipinski definition) is 2. The monoisotopic (exact) mass is 246 g/mol. The molecule has 0 aliphatic carbocycles. The Morgan fingerprint density at radius 3 is 2.69 bits per heavy atom. The molecule has 13 heavy (non-hydrogen) atoms. The van der Waals surface area contributed by atoms with E-state index in [1.807, 2.05) is 12.1 Å². The normalized spacial score (nSPS) is 10.1. The van der Waals surface area contributed by atoms with E-state index < -0.39 is 0 Å². The Kier molecular flexibility index (Phi) is 4.21. The molecule has 0 radical (unpaired) electrons. The van der Waals surface area contributed by atoms with Crippen LogP contribution in [-0.4, -0.2) is 23.4 Å². The van der Waals surface area contributed by atoms with Gasteiger partial charge in [-0.1, -0.05) is 12.1 Å². The van der Waals surface area contributed by atoms with E-state index in [-0.39, 0.29) is 19.8 Å². The van der Waals surface area contributed by atoms with Crippen LogP contribution in [-0.2, 0) is 6.61 Å². The van der Waals surface area contributed by atoms with E-state index in [1.165, 1.54) is 0 Å². The first kappa shape index (κ1) is 10.5. The number of benzene rings is 1. The van der Waals surface area contributed by atoms with Crippen molar-refractivity contribution < 1.29 is 14.9 Å². The highest BCUT2D eigenvalue weighted by Crippen LogP contribution is 2.28. The maximum atomic E-state index is 8.98. The van der Waals surface area contributed by atoms with Gasteiger partial charge in [0, 0.05) is 5.56 Å². The standard InChI is InChI=1S/C9H11BrO3/c10-8-3-1-2-7(6-12)9(8)13-5-4-11/h1-3,11-12H,4-6H2. The molecule has 3 nitrogen and oxygen atoms in total. The summed E-state index contributed by atoms with van der Waals surface area (Å²) in [5.41, 5.74) is 0.711. The van der Waals surface area contributed by atoms with Crippen LogP contribution in [0.15, 0.2) is 22.7 Å². The molecule has 0 aliphatic rings. The second kappa shape index (κ2) is 5.21. The van der Waals surface area contributed by atoms with Crippen molar-refractivity contribution in [2.24, 2.45) is 0 Å². The fourth-order valence-electron chi connectivity index (χ4n) is 0.987. The Bertz CT molecular complexity index is 276. The van der Waals surface area contributed by atoms with E-state index in [0.29, 0.717) is 11.3 Å². The number of para-hydroxylation sites is 1. The Balaban J connectivity index is 2.87. The molecule has 1 rings (SSSR count). The molecule has 1 aromatic rings. The van der Waals surface area contributed by atoms with E-state index in [2.05, 4.69) is 15.9 Å². The molecule has 0 unspecified atom stereocenters. The van der Waals surface area contributed by atoms with Crippen molar-refractivity contribution in [2.75, 3.05) is 13.2 Å². The van der Waals surface area contributed by atoms with E-state index >= 15 is 0 Å². The zero-order valence-corrected chi connectivity index (χ0v) is 8.62. The van der Waals surface area contributed by atoms with Gasteiger partial charge >= 0.3 is 0 Å². The van der Waals surface area contributed by atoms with Gasteiger partial charge in [-0.3, -0.25) is 0 Å². The van der Waals surface area contributed by atoms with Crippen LogP contribution in [0.3, 0.4) is 0 Å². The number of aliphatic hydroxyl groups is 2. The largest absolute Gasteiger partial charge is 0.490 e. The number of halogens is 1. The lowest BCUT2D eigenvalue weighted by Gasteiger charge is -2.10. The van der Waals surface area contributed by atoms with E-state index in [0.717, 1.165) is 4.47 Å². The van der Waals surface area contributed by atoms with Crippen LogP contribution >= 0.6 is 15.9 Å². The first-order chi connectivity index (χ1) is 6.29. The van der Waals surface area contributed by atoms with E-state index in [4.69, 9.17) is 14.9 Å². The molecule has 0 fully saturated rings. The van der Waals surface area contributed by atoms with E-state index in [9.17, 15) is 0 Å². The van der Waals surface area contributed by atoms with Gasteiger partial charge in [0.2, 0.25) is 0 Å². The highest BCUT2D eigenvalue weighted by Gasteiger charge is 2.06. The predicted molar refractivity (Wildman–Crippen MR) is 52.6 cm³/mol. The average Bonchev–Trinajstić information content (AvgIpc) is 2.15. The van der Waals surface area contributed by atoms with Crippen LogP contribution in [0.1, 0.15) is 5.56 Å². The number of rotatable bonds is 4. The Labute approximate surface area is 85.1 Å². The molecule has 72 valence electrons. The van der Waals surface area contributed by atoms with Gasteiger partial charge in [-0.05, 0) is 22.0 Å². The molecule has 0 spiro atoms. The van der Waals surface area contributed by atoms with Crippen molar-refractivity contribution in [2.45, 2.75) is 6.61 Å². The summed E-state index contributed by atoms with van der Waals surface area (Å²) in [5.74, 6) is 0.596. The summed E-state index contributed by atoms with van der Waals surface area (Å²) in [7, 11) is 0. The predicted octanol–water partition coefficient (Wildman–Crippen LogP) is 1.31. The summed E-state index contributed by atoms with van der Waals surface area (Å²) in [6.45, 7) is 0.127. The van der Waals surface area contributed by atoms with Crippen LogP contribution < -0.4 is 4.74 Å². The van der Waals surface area contributed by atoms with Crippen LogP contribution in [0, 0.1) is 0 Å². The van der Waals surface area contributed by atoms with Gasteiger partial charge in [-0.2, -0.15) is 0 Å². The van der Waals surface area contributed by atoms with Crippen LogP contribution in [0.5, 0.6) is 5.75 Å². The first-order valence-corrected chi connectivity index (χ1v) is 4.70. The lowest BCUT2D eigenvalue weighted by atomic mass is 10.2. The Morgan fingerprint density at radius 1 is 1.31 bits per heavy atom. The molecule has 0 aliphatic heterocycles. The van der Waals surface area contributed by atoms with Gasteiger partial charge in [0.25, 0.3) is 0 Å². The molecule has 0 saturated heterocycles. The third-order valence-electron chi connectivity index (χ3n) is 1.56. The van der Waals surface area contributed by atoms with Gasteiger partial charge in [0.15, 0.2) is 0 Å². The average molecular weight is 247 g/mol. The fraction of sp³-hybridized carbons (Fsp3) is 0.333. The molecule has 0 amide bonds. The molecule has 4 heteroatoms. The van der Waals surface area contributed by atoms with Crippen LogP contribution in [0.2, 0.25) is 0 Å². The van der Waals surface area contributed by atoms with Gasteiger partial charge < -0.3 is 14.9 Å². The van der Waals surface area contributed by atoms with Gasteiger partial charge in [0.05, 0.1) is 17.7 Å². The highest BCUT2D eigenvalue weighted by molar-refractivity contribution is 9.10. The van der Waals surface area contributed by atoms with Crippen molar-refractivity contribution in [3.05, 3.63) is 28.2 Å². The minimum atomic E-state index is -0.0692. The van der Waals surface area contributed by atoms with Gasteiger partial charge in [-0.15, -0.1) is 0 Å². The third-order valence-corrected chi connectivity index (χ3v) is 2.18. The van der Waals surface area contributed by atoms with Crippen molar-refractivity contribution >= 4 is 15.9 Å². The molecule has 2 N–H and O–H groups in total. The van der Waals surface area contributed by atoms with Crippen molar-refractivity contribution in [1.29, 1.82) is 0 Å². The second-order valence-corrected chi connectivity index (χ2v) is 3.31. The molecule has 0 atom stereocenters. The second-order valence-electron chi connectivity index (χ2n) is 2.46. The summed E-state index contributed by atoms with van der Waals surface area (Å²) in [5, 5.41) is 17.6. The molecule has 0 heterocycles.